The molecule has 0 saturated carbocycles. The van der Waals surface area contributed by atoms with Crippen molar-refractivity contribution in [2.24, 2.45) is 7.05 Å². The Balaban J connectivity index is 2.04. The average molecular weight is 384 g/mol. The van der Waals surface area contributed by atoms with E-state index in [-0.39, 0.29) is 21.3 Å². The fourth-order valence-electron chi connectivity index (χ4n) is 2.46. The molecule has 1 heterocycles. The van der Waals surface area contributed by atoms with Gasteiger partial charge in [0, 0.05) is 12.1 Å². The number of rotatable bonds is 4. The van der Waals surface area contributed by atoms with Gasteiger partial charge in [-0.25, -0.2) is 8.42 Å². The SMILES string of the molecule is COc1ccc(Cl)cc1S(=O)(=O)Cc1ccc2c(c1)sc(=O)n2C. The van der Waals surface area contributed by atoms with Gasteiger partial charge < -0.3 is 9.30 Å². The highest BCUT2D eigenvalue weighted by Gasteiger charge is 2.21. The Labute approximate surface area is 148 Å². The average Bonchev–Trinajstić information content (AvgIpc) is 2.81. The number of fused-ring (bicyclic) bond motifs is 1. The van der Waals surface area contributed by atoms with E-state index < -0.39 is 9.84 Å². The summed E-state index contributed by atoms with van der Waals surface area (Å²) in [7, 11) is -0.539. The number of sulfone groups is 1. The van der Waals surface area contributed by atoms with E-state index in [0.717, 1.165) is 21.6 Å². The van der Waals surface area contributed by atoms with Gasteiger partial charge in [0.05, 0.1) is 23.1 Å². The van der Waals surface area contributed by atoms with E-state index in [1.165, 1.54) is 23.8 Å². The summed E-state index contributed by atoms with van der Waals surface area (Å²) in [6.45, 7) is 0. The number of thiazole rings is 1. The zero-order valence-electron chi connectivity index (χ0n) is 12.9. The molecule has 3 rings (SSSR count). The van der Waals surface area contributed by atoms with Crippen LogP contribution in [-0.2, 0) is 22.6 Å². The highest BCUT2D eigenvalue weighted by Crippen LogP contribution is 2.30. The number of aromatic nitrogens is 1. The van der Waals surface area contributed by atoms with Crippen LogP contribution in [0.5, 0.6) is 5.75 Å². The van der Waals surface area contributed by atoms with E-state index in [1.54, 1.807) is 31.3 Å². The normalized spacial score (nSPS) is 11.8. The third-order valence-corrected chi connectivity index (χ3v) is 6.61. The van der Waals surface area contributed by atoms with Gasteiger partial charge >= 0.3 is 4.87 Å². The maximum Gasteiger partial charge on any atom is 0.307 e. The van der Waals surface area contributed by atoms with E-state index in [9.17, 15) is 13.2 Å². The standard InChI is InChI=1S/C16H14ClNO4S2/c1-18-12-5-3-10(7-14(12)23-16(18)19)9-24(20,21)15-8-11(17)4-6-13(15)22-2/h3-8H,9H2,1-2H3. The van der Waals surface area contributed by atoms with Gasteiger partial charge in [-0.2, -0.15) is 0 Å². The lowest BCUT2D eigenvalue weighted by molar-refractivity contribution is 0.402. The van der Waals surface area contributed by atoms with Gasteiger partial charge in [-0.15, -0.1) is 0 Å². The Morgan fingerprint density at radius 1 is 1.21 bits per heavy atom. The quantitative estimate of drug-likeness (QED) is 0.693. The van der Waals surface area contributed by atoms with Gasteiger partial charge in [0.15, 0.2) is 9.84 Å². The first-order valence-electron chi connectivity index (χ1n) is 6.96. The summed E-state index contributed by atoms with van der Waals surface area (Å²) in [5.41, 5.74) is 1.39. The van der Waals surface area contributed by atoms with Crippen LogP contribution in [0.3, 0.4) is 0 Å². The molecule has 0 spiro atoms. The molecule has 0 saturated heterocycles. The maximum atomic E-state index is 12.7. The molecule has 0 N–H and O–H groups in total. The van der Waals surface area contributed by atoms with Crippen LogP contribution >= 0.6 is 22.9 Å². The lowest BCUT2D eigenvalue weighted by Gasteiger charge is -2.10. The van der Waals surface area contributed by atoms with Crippen molar-refractivity contribution < 1.29 is 13.2 Å². The minimum absolute atomic E-state index is 0.0545. The van der Waals surface area contributed by atoms with Gasteiger partial charge in [0.25, 0.3) is 0 Å². The number of benzene rings is 2. The molecule has 0 amide bonds. The summed E-state index contributed by atoms with van der Waals surface area (Å²) < 4.78 is 32.9. The van der Waals surface area contributed by atoms with E-state index in [4.69, 9.17) is 16.3 Å². The largest absolute Gasteiger partial charge is 0.495 e. The van der Waals surface area contributed by atoms with E-state index in [2.05, 4.69) is 0 Å². The minimum atomic E-state index is -3.64. The monoisotopic (exact) mass is 383 g/mol. The first-order chi connectivity index (χ1) is 11.3. The summed E-state index contributed by atoms with van der Waals surface area (Å²) >= 11 is 7.02. The van der Waals surface area contributed by atoms with Crippen molar-refractivity contribution >= 4 is 43.0 Å². The number of aryl methyl sites for hydroxylation is 1. The van der Waals surface area contributed by atoms with Gasteiger partial charge in [0.1, 0.15) is 10.6 Å². The summed E-state index contributed by atoms with van der Waals surface area (Å²) in [5, 5.41) is 0.325. The Morgan fingerprint density at radius 3 is 2.67 bits per heavy atom. The second-order valence-corrected chi connectivity index (χ2v) is 8.67. The molecule has 0 fully saturated rings. The summed E-state index contributed by atoms with van der Waals surface area (Å²) in [6.07, 6.45) is 0. The second-order valence-electron chi connectivity index (χ2n) is 5.28. The number of hydrogen-bond donors (Lipinski definition) is 0. The second kappa shape index (κ2) is 6.23. The van der Waals surface area contributed by atoms with Crippen molar-refractivity contribution in [1.82, 2.24) is 4.57 Å². The Morgan fingerprint density at radius 2 is 1.96 bits per heavy atom. The third kappa shape index (κ3) is 3.07. The highest BCUT2D eigenvalue weighted by atomic mass is 35.5. The van der Waals surface area contributed by atoms with Crippen molar-refractivity contribution in [1.29, 1.82) is 0 Å². The van der Waals surface area contributed by atoms with Crippen LogP contribution in [0, 0.1) is 0 Å². The molecular weight excluding hydrogens is 370 g/mol. The molecule has 0 aliphatic heterocycles. The predicted molar refractivity (Wildman–Crippen MR) is 96.0 cm³/mol. The molecule has 126 valence electrons. The molecule has 24 heavy (non-hydrogen) atoms. The summed E-state index contributed by atoms with van der Waals surface area (Å²) in [4.78, 5) is 11.7. The summed E-state index contributed by atoms with van der Waals surface area (Å²) in [5.74, 6) is 0.0555. The van der Waals surface area contributed by atoms with E-state index in [0.29, 0.717) is 10.6 Å². The Hall–Kier alpha value is -1.83. The van der Waals surface area contributed by atoms with Crippen molar-refractivity contribution in [3.8, 4) is 5.75 Å². The molecule has 0 aliphatic carbocycles. The van der Waals surface area contributed by atoms with E-state index in [1.807, 2.05) is 0 Å². The van der Waals surface area contributed by atoms with Crippen LogP contribution < -0.4 is 9.61 Å². The zero-order valence-corrected chi connectivity index (χ0v) is 15.3. The van der Waals surface area contributed by atoms with Crippen LogP contribution in [0.1, 0.15) is 5.56 Å². The predicted octanol–water partition coefficient (Wildman–Crippen LogP) is 3.24. The molecular formula is C16H14ClNO4S2. The van der Waals surface area contributed by atoms with Crippen molar-refractivity contribution in [3.05, 3.63) is 56.7 Å². The fourth-order valence-corrected chi connectivity index (χ4v) is 5.18. The Kier molecular flexibility index (Phi) is 4.42. The van der Waals surface area contributed by atoms with Gasteiger partial charge in [-0.3, -0.25) is 4.79 Å². The number of hydrogen-bond acceptors (Lipinski definition) is 5. The maximum absolute atomic E-state index is 12.7. The van der Waals surface area contributed by atoms with Gasteiger partial charge in [-0.05, 0) is 35.9 Å². The fraction of sp³-hybridized carbons (Fsp3) is 0.188. The van der Waals surface area contributed by atoms with Gasteiger partial charge in [-0.1, -0.05) is 29.0 Å². The van der Waals surface area contributed by atoms with Crippen LogP contribution in [0.15, 0.2) is 46.1 Å². The topological polar surface area (TPSA) is 65.4 Å². The van der Waals surface area contributed by atoms with Crippen LogP contribution in [0.4, 0.5) is 0 Å². The number of nitrogens with zero attached hydrogens (tertiary/aromatic N) is 1. The van der Waals surface area contributed by atoms with Crippen molar-refractivity contribution in [3.63, 3.8) is 0 Å². The summed E-state index contributed by atoms with van der Waals surface area (Å²) in [6, 6.07) is 9.69. The van der Waals surface area contributed by atoms with Crippen LogP contribution in [0.25, 0.3) is 10.2 Å². The molecule has 2 aromatic carbocycles. The molecule has 0 aliphatic rings. The lowest BCUT2D eigenvalue weighted by Crippen LogP contribution is -2.07. The van der Waals surface area contributed by atoms with Crippen molar-refractivity contribution in [2.75, 3.05) is 7.11 Å². The minimum Gasteiger partial charge on any atom is -0.495 e. The molecule has 0 atom stereocenters. The lowest BCUT2D eigenvalue weighted by atomic mass is 10.2. The molecule has 0 unspecified atom stereocenters. The van der Waals surface area contributed by atoms with Crippen molar-refractivity contribution in [2.45, 2.75) is 10.6 Å². The molecule has 0 radical (unpaired) electrons. The smallest absolute Gasteiger partial charge is 0.307 e. The molecule has 0 bridgehead atoms. The van der Waals surface area contributed by atoms with E-state index >= 15 is 0 Å². The van der Waals surface area contributed by atoms with Crippen LogP contribution in [0.2, 0.25) is 5.02 Å². The van der Waals surface area contributed by atoms with Gasteiger partial charge in [0.2, 0.25) is 0 Å². The first-order valence-corrected chi connectivity index (χ1v) is 9.81. The Bertz CT molecular complexity index is 1080. The molecule has 5 nitrogen and oxygen atoms in total. The molecule has 1 aromatic heterocycles. The molecule has 8 heteroatoms. The number of halogens is 1. The van der Waals surface area contributed by atoms with Crippen LogP contribution in [-0.4, -0.2) is 20.1 Å². The number of ether oxygens (including phenoxy) is 1. The highest BCUT2D eigenvalue weighted by molar-refractivity contribution is 7.90. The number of methoxy groups -OCH3 is 1. The third-order valence-electron chi connectivity index (χ3n) is 3.67. The first kappa shape index (κ1) is 17.0. The molecule has 3 aromatic rings. The zero-order chi connectivity index (χ0) is 17.5.